The molecule has 3 rings (SSSR count). The van der Waals surface area contributed by atoms with Gasteiger partial charge in [0, 0.05) is 5.54 Å². The number of nitrogens with zero attached hydrogens (tertiary/aromatic N) is 2. The lowest BCUT2D eigenvalue weighted by Gasteiger charge is -2.51. The summed E-state index contributed by atoms with van der Waals surface area (Å²) in [6.07, 6.45) is 5.67. The molecule has 1 spiro atoms. The molecule has 0 aliphatic carbocycles. The van der Waals surface area contributed by atoms with E-state index in [1.54, 1.807) is 0 Å². The number of hydrogen-bond donors (Lipinski definition) is 0. The molecule has 3 nitrogen and oxygen atoms in total. The number of rotatable bonds is 1. The minimum Gasteiger partial charge on any atom is -0.378 e. The Kier molecular flexibility index (Phi) is 3.65. The highest BCUT2D eigenvalue weighted by molar-refractivity contribution is 4.94. The van der Waals surface area contributed by atoms with Crippen LogP contribution in [0, 0.1) is 5.41 Å². The van der Waals surface area contributed by atoms with Crippen LogP contribution in [0.15, 0.2) is 0 Å². The van der Waals surface area contributed by atoms with E-state index in [0.717, 1.165) is 19.3 Å². The zero-order valence-electron chi connectivity index (χ0n) is 13.0. The lowest BCUT2D eigenvalue weighted by Crippen LogP contribution is -2.56. The van der Waals surface area contributed by atoms with E-state index in [-0.39, 0.29) is 0 Å². The van der Waals surface area contributed by atoms with Gasteiger partial charge in [0.05, 0.1) is 19.3 Å². The molecule has 3 heterocycles. The van der Waals surface area contributed by atoms with Gasteiger partial charge >= 0.3 is 0 Å². The Balaban J connectivity index is 1.51. The topological polar surface area (TPSA) is 15.7 Å². The third-order valence-electron chi connectivity index (χ3n) is 5.77. The molecule has 3 aliphatic heterocycles. The SMILES string of the molecule is CC(C)(C)N1CCC2(CCN(C3COC3)CC2)CC1. The monoisotopic (exact) mass is 266 g/mol. The van der Waals surface area contributed by atoms with Crippen molar-refractivity contribution >= 4 is 0 Å². The molecule has 0 aromatic rings. The Morgan fingerprint density at radius 3 is 1.84 bits per heavy atom. The second kappa shape index (κ2) is 5.01. The van der Waals surface area contributed by atoms with Gasteiger partial charge in [0.25, 0.3) is 0 Å². The second-order valence-electron chi connectivity index (χ2n) is 7.89. The Morgan fingerprint density at radius 2 is 1.42 bits per heavy atom. The highest BCUT2D eigenvalue weighted by Crippen LogP contribution is 2.43. The van der Waals surface area contributed by atoms with Gasteiger partial charge in [-0.05, 0) is 78.0 Å². The van der Waals surface area contributed by atoms with Gasteiger partial charge in [-0.15, -0.1) is 0 Å². The molecule has 3 saturated heterocycles. The Bertz CT molecular complexity index is 301. The first-order chi connectivity index (χ1) is 8.99. The molecule has 0 atom stereocenters. The summed E-state index contributed by atoms with van der Waals surface area (Å²) in [6.45, 7) is 14.2. The van der Waals surface area contributed by atoms with Crippen LogP contribution in [-0.2, 0) is 4.74 Å². The molecule has 3 aliphatic rings. The van der Waals surface area contributed by atoms with Gasteiger partial charge in [-0.1, -0.05) is 0 Å². The van der Waals surface area contributed by atoms with E-state index in [9.17, 15) is 0 Å². The minimum absolute atomic E-state index is 0.353. The lowest BCUT2D eigenvalue weighted by molar-refractivity contribution is -0.0890. The molecule has 0 radical (unpaired) electrons. The Hall–Kier alpha value is -0.120. The number of piperidine rings is 2. The molecule has 0 saturated carbocycles. The average molecular weight is 266 g/mol. The fraction of sp³-hybridized carbons (Fsp3) is 1.00. The summed E-state index contributed by atoms with van der Waals surface area (Å²) in [4.78, 5) is 5.34. The lowest BCUT2D eigenvalue weighted by atomic mass is 9.70. The fourth-order valence-electron chi connectivity index (χ4n) is 3.95. The van der Waals surface area contributed by atoms with Gasteiger partial charge in [-0.3, -0.25) is 9.80 Å². The molecule has 0 aromatic heterocycles. The van der Waals surface area contributed by atoms with E-state index < -0.39 is 0 Å². The summed E-state index contributed by atoms with van der Waals surface area (Å²) < 4.78 is 5.33. The summed E-state index contributed by atoms with van der Waals surface area (Å²) in [5, 5.41) is 0. The van der Waals surface area contributed by atoms with Crippen LogP contribution in [0.1, 0.15) is 46.5 Å². The maximum Gasteiger partial charge on any atom is 0.0645 e. The molecule has 3 fully saturated rings. The number of hydrogen-bond acceptors (Lipinski definition) is 3. The van der Waals surface area contributed by atoms with E-state index in [1.807, 2.05) is 0 Å². The van der Waals surface area contributed by atoms with Crippen molar-refractivity contribution in [1.29, 1.82) is 0 Å². The maximum atomic E-state index is 5.33. The fourth-order valence-corrected chi connectivity index (χ4v) is 3.95. The van der Waals surface area contributed by atoms with Gasteiger partial charge in [0.1, 0.15) is 0 Å². The largest absolute Gasteiger partial charge is 0.378 e. The van der Waals surface area contributed by atoms with Crippen LogP contribution in [0.2, 0.25) is 0 Å². The van der Waals surface area contributed by atoms with Crippen LogP contribution >= 0.6 is 0 Å². The first kappa shape index (κ1) is 13.8. The van der Waals surface area contributed by atoms with E-state index >= 15 is 0 Å². The first-order valence-corrected chi connectivity index (χ1v) is 8.05. The predicted molar refractivity (Wildman–Crippen MR) is 78.4 cm³/mol. The number of ether oxygens (including phenoxy) is 1. The van der Waals surface area contributed by atoms with Crippen molar-refractivity contribution in [3.05, 3.63) is 0 Å². The molecular formula is C16H30N2O. The van der Waals surface area contributed by atoms with Gasteiger partial charge in [0.15, 0.2) is 0 Å². The summed E-state index contributed by atoms with van der Waals surface area (Å²) in [6, 6.07) is 0.743. The highest BCUT2D eigenvalue weighted by Gasteiger charge is 2.41. The maximum absolute atomic E-state index is 5.33. The Labute approximate surface area is 118 Å². The van der Waals surface area contributed by atoms with E-state index in [4.69, 9.17) is 4.74 Å². The van der Waals surface area contributed by atoms with Gasteiger partial charge in [-0.2, -0.15) is 0 Å². The van der Waals surface area contributed by atoms with Crippen molar-refractivity contribution in [2.24, 2.45) is 5.41 Å². The first-order valence-electron chi connectivity index (χ1n) is 8.05. The smallest absolute Gasteiger partial charge is 0.0645 e. The predicted octanol–water partition coefficient (Wildman–Crippen LogP) is 2.36. The third-order valence-corrected chi connectivity index (χ3v) is 5.77. The minimum atomic E-state index is 0.353. The van der Waals surface area contributed by atoms with Crippen molar-refractivity contribution in [2.75, 3.05) is 39.4 Å². The van der Waals surface area contributed by atoms with Crippen molar-refractivity contribution in [1.82, 2.24) is 9.80 Å². The zero-order valence-corrected chi connectivity index (χ0v) is 13.0. The van der Waals surface area contributed by atoms with Gasteiger partial charge in [0.2, 0.25) is 0 Å². The highest BCUT2D eigenvalue weighted by atomic mass is 16.5. The molecule has 3 heteroatoms. The molecule has 110 valence electrons. The van der Waals surface area contributed by atoms with Crippen molar-refractivity contribution in [3.63, 3.8) is 0 Å². The van der Waals surface area contributed by atoms with Crippen LogP contribution < -0.4 is 0 Å². The molecule has 0 aromatic carbocycles. The van der Waals surface area contributed by atoms with Crippen LogP contribution in [0.4, 0.5) is 0 Å². The summed E-state index contributed by atoms with van der Waals surface area (Å²) in [5.74, 6) is 0. The summed E-state index contributed by atoms with van der Waals surface area (Å²) in [7, 11) is 0. The van der Waals surface area contributed by atoms with Gasteiger partial charge < -0.3 is 4.74 Å². The molecule has 0 bridgehead atoms. The zero-order chi connectivity index (χ0) is 13.5. The van der Waals surface area contributed by atoms with Crippen LogP contribution in [0.3, 0.4) is 0 Å². The number of likely N-dealkylation sites (tertiary alicyclic amines) is 2. The summed E-state index contributed by atoms with van der Waals surface area (Å²) >= 11 is 0. The normalized spacial score (nSPS) is 30.5. The molecule has 0 unspecified atom stereocenters. The summed E-state index contributed by atoms with van der Waals surface area (Å²) in [5.41, 5.74) is 1.02. The molecular weight excluding hydrogens is 236 g/mol. The van der Waals surface area contributed by atoms with Gasteiger partial charge in [-0.25, -0.2) is 0 Å². The van der Waals surface area contributed by atoms with Crippen LogP contribution in [0.25, 0.3) is 0 Å². The van der Waals surface area contributed by atoms with Crippen molar-refractivity contribution < 1.29 is 4.74 Å². The van der Waals surface area contributed by atoms with Crippen molar-refractivity contribution in [2.45, 2.75) is 58.0 Å². The van der Waals surface area contributed by atoms with E-state index in [1.165, 1.54) is 51.9 Å². The van der Waals surface area contributed by atoms with E-state index in [2.05, 4.69) is 30.6 Å². The molecule has 0 N–H and O–H groups in total. The average Bonchev–Trinajstić information content (AvgIpc) is 2.30. The second-order valence-corrected chi connectivity index (χ2v) is 7.89. The molecule has 0 amide bonds. The quantitative estimate of drug-likeness (QED) is 0.724. The molecule has 19 heavy (non-hydrogen) atoms. The van der Waals surface area contributed by atoms with Crippen LogP contribution in [0.5, 0.6) is 0 Å². The standard InChI is InChI=1S/C16H30N2O/c1-15(2,3)18-10-6-16(7-11-18)4-8-17(9-5-16)14-12-19-13-14/h14H,4-13H2,1-3H3. The Morgan fingerprint density at radius 1 is 0.895 bits per heavy atom. The van der Waals surface area contributed by atoms with E-state index in [0.29, 0.717) is 11.0 Å². The van der Waals surface area contributed by atoms with Crippen LogP contribution in [-0.4, -0.2) is 60.8 Å². The van der Waals surface area contributed by atoms with Crippen molar-refractivity contribution in [3.8, 4) is 0 Å². The third kappa shape index (κ3) is 2.84.